The molecule has 3 aliphatic carbocycles. The number of rotatable bonds is 5. The number of phenolic OH excluding ortho intramolecular Hbond substituents is 2. The minimum atomic E-state index is -0.0756. The van der Waals surface area contributed by atoms with Crippen LogP contribution in [0.2, 0.25) is 0 Å². The number of aromatic hydroxyl groups is 2. The molecule has 0 heterocycles. The molecule has 3 saturated carbocycles. The highest BCUT2D eigenvalue weighted by Gasteiger charge is 2.28. The number of ether oxygens (including phenoxy) is 1. The van der Waals surface area contributed by atoms with Gasteiger partial charge in [0.25, 0.3) is 0 Å². The van der Waals surface area contributed by atoms with Gasteiger partial charge in [0.1, 0.15) is 11.5 Å². The molecule has 0 aliphatic heterocycles. The Labute approximate surface area is 263 Å². The molecule has 0 atom stereocenters. The first-order chi connectivity index (χ1) is 20.4. The van der Waals surface area contributed by atoms with Crippen molar-refractivity contribution >= 4 is 0 Å². The van der Waals surface area contributed by atoms with E-state index < -0.39 is 0 Å². The molecule has 3 fully saturated rings. The van der Waals surface area contributed by atoms with Crippen LogP contribution in [0.15, 0.2) is 24.3 Å². The second-order valence-electron chi connectivity index (χ2n) is 16.0. The SMILES string of the molecule is COCc1cc(C(C)(C)C)c(O)c(C(C)(C)C)c1.Oc1c(C2CCCCC2)cc(C2CCCCC2)cc1C1CCCCC1. The summed E-state index contributed by atoms with van der Waals surface area (Å²) < 4.78 is 5.22. The third-order valence-corrected chi connectivity index (χ3v) is 10.5. The summed E-state index contributed by atoms with van der Waals surface area (Å²) in [4.78, 5) is 0. The normalized spacial score (nSPS) is 19.6. The van der Waals surface area contributed by atoms with E-state index in [-0.39, 0.29) is 10.8 Å². The van der Waals surface area contributed by atoms with E-state index in [4.69, 9.17) is 4.74 Å². The van der Waals surface area contributed by atoms with E-state index in [0.29, 0.717) is 29.9 Å². The highest BCUT2D eigenvalue weighted by atomic mass is 16.5. The molecular formula is C40H62O3. The lowest BCUT2D eigenvalue weighted by atomic mass is 9.75. The molecule has 0 aromatic heterocycles. The molecule has 240 valence electrons. The van der Waals surface area contributed by atoms with E-state index in [1.54, 1.807) is 12.7 Å². The van der Waals surface area contributed by atoms with E-state index >= 15 is 0 Å². The maximum atomic E-state index is 11.2. The lowest BCUT2D eigenvalue weighted by Crippen LogP contribution is -2.18. The van der Waals surface area contributed by atoms with Gasteiger partial charge < -0.3 is 14.9 Å². The van der Waals surface area contributed by atoms with E-state index in [2.05, 4.69) is 53.7 Å². The van der Waals surface area contributed by atoms with Crippen molar-refractivity contribution in [2.24, 2.45) is 0 Å². The van der Waals surface area contributed by atoms with Crippen molar-refractivity contribution in [2.45, 2.75) is 173 Å². The van der Waals surface area contributed by atoms with Crippen LogP contribution < -0.4 is 0 Å². The molecule has 0 spiro atoms. The molecule has 2 aromatic rings. The highest BCUT2D eigenvalue weighted by molar-refractivity contribution is 5.50. The van der Waals surface area contributed by atoms with Crippen LogP contribution in [0.3, 0.4) is 0 Å². The van der Waals surface area contributed by atoms with Crippen molar-refractivity contribution in [2.75, 3.05) is 7.11 Å². The summed E-state index contributed by atoms with van der Waals surface area (Å²) in [5, 5.41) is 21.7. The molecule has 0 saturated heterocycles. The summed E-state index contributed by atoms with van der Waals surface area (Å²) in [7, 11) is 1.69. The standard InChI is InChI=1S/C24H36O.C16H26O2/c25-24-22(19-12-6-2-7-13-19)16-21(18-10-4-1-5-11-18)17-23(24)20-14-8-3-9-15-20;1-15(2,3)12-8-11(10-18-7)9-13(14(12)17)16(4,5)6/h16-20,25H,1-15H2;8-9,17H,10H2,1-7H3. The average Bonchev–Trinajstić information content (AvgIpc) is 2.99. The molecule has 0 amide bonds. The van der Waals surface area contributed by atoms with Gasteiger partial charge >= 0.3 is 0 Å². The Kier molecular flexibility index (Phi) is 11.7. The smallest absolute Gasteiger partial charge is 0.123 e. The Hall–Kier alpha value is -2.00. The van der Waals surface area contributed by atoms with Gasteiger partial charge in [0, 0.05) is 7.11 Å². The van der Waals surface area contributed by atoms with Crippen LogP contribution in [-0.4, -0.2) is 17.3 Å². The molecular weight excluding hydrogens is 528 g/mol. The van der Waals surface area contributed by atoms with Gasteiger partial charge in [-0.1, -0.05) is 111 Å². The van der Waals surface area contributed by atoms with Crippen LogP contribution in [-0.2, 0) is 22.2 Å². The Morgan fingerprint density at radius 1 is 0.558 bits per heavy atom. The van der Waals surface area contributed by atoms with Crippen molar-refractivity contribution in [3.8, 4) is 11.5 Å². The molecule has 3 heteroatoms. The first kappa shape index (κ1) is 33.9. The van der Waals surface area contributed by atoms with Crippen LogP contribution in [0.1, 0.15) is 189 Å². The summed E-state index contributed by atoms with van der Waals surface area (Å²) in [6, 6.07) is 8.98. The van der Waals surface area contributed by atoms with E-state index in [0.717, 1.165) is 22.6 Å². The molecule has 2 N–H and O–H groups in total. The fourth-order valence-electron chi connectivity index (χ4n) is 7.91. The maximum Gasteiger partial charge on any atom is 0.123 e. The van der Waals surface area contributed by atoms with Crippen LogP contribution in [0.25, 0.3) is 0 Å². The highest BCUT2D eigenvalue weighted by Crippen LogP contribution is 2.47. The summed E-state index contributed by atoms with van der Waals surface area (Å²) in [6.45, 7) is 13.3. The van der Waals surface area contributed by atoms with Gasteiger partial charge in [0.05, 0.1) is 6.61 Å². The predicted molar refractivity (Wildman–Crippen MR) is 182 cm³/mol. The topological polar surface area (TPSA) is 49.7 Å². The Morgan fingerprint density at radius 3 is 1.28 bits per heavy atom. The van der Waals surface area contributed by atoms with Gasteiger partial charge in [0.2, 0.25) is 0 Å². The van der Waals surface area contributed by atoms with Crippen LogP contribution in [0.4, 0.5) is 0 Å². The largest absolute Gasteiger partial charge is 0.507 e. The quantitative estimate of drug-likeness (QED) is 0.364. The number of benzene rings is 2. The lowest BCUT2D eigenvalue weighted by molar-refractivity contribution is 0.184. The summed E-state index contributed by atoms with van der Waals surface area (Å²) in [6.07, 6.45) is 20.2. The lowest BCUT2D eigenvalue weighted by Gasteiger charge is -2.30. The number of phenols is 2. The number of hydrogen-bond acceptors (Lipinski definition) is 3. The summed E-state index contributed by atoms with van der Waals surface area (Å²) >= 11 is 0. The van der Waals surface area contributed by atoms with Crippen molar-refractivity contribution in [1.29, 1.82) is 0 Å². The fraction of sp³-hybridized carbons (Fsp3) is 0.700. The van der Waals surface area contributed by atoms with E-state index in [1.165, 1.54) is 107 Å². The van der Waals surface area contributed by atoms with Gasteiger partial charge in [-0.25, -0.2) is 0 Å². The fourth-order valence-corrected chi connectivity index (χ4v) is 7.91. The van der Waals surface area contributed by atoms with Gasteiger partial charge in [-0.05, 0) is 113 Å². The molecule has 0 bridgehead atoms. The van der Waals surface area contributed by atoms with Crippen molar-refractivity contribution < 1.29 is 14.9 Å². The van der Waals surface area contributed by atoms with Crippen molar-refractivity contribution in [1.82, 2.24) is 0 Å². The van der Waals surface area contributed by atoms with Gasteiger partial charge in [-0.15, -0.1) is 0 Å². The number of methoxy groups -OCH3 is 1. The summed E-state index contributed by atoms with van der Waals surface area (Å²) in [5.74, 6) is 3.09. The van der Waals surface area contributed by atoms with Crippen molar-refractivity contribution in [3.05, 3.63) is 57.6 Å². The molecule has 43 heavy (non-hydrogen) atoms. The van der Waals surface area contributed by atoms with Gasteiger partial charge in [-0.3, -0.25) is 0 Å². The first-order valence-electron chi connectivity index (χ1n) is 17.6. The minimum Gasteiger partial charge on any atom is -0.507 e. The molecule has 5 rings (SSSR count). The third-order valence-electron chi connectivity index (χ3n) is 10.5. The molecule has 0 unspecified atom stereocenters. The second kappa shape index (κ2) is 14.9. The van der Waals surface area contributed by atoms with Crippen LogP contribution in [0.5, 0.6) is 11.5 Å². The van der Waals surface area contributed by atoms with E-state index in [9.17, 15) is 10.2 Å². The molecule has 3 nitrogen and oxygen atoms in total. The van der Waals surface area contributed by atoms with Crippen LogP contribution in [0, 0.1) is 0 Å². The minimum absolute atomic E-state index is 0.0756. The molecule has 0 radical (unpaired) electrons. The Balaban J connectivity index is 0.000000209. The summed E-state index contributed by atoms with van der Waals surface area (Å²) in [5.41, 5.74) is 7.15. The first-order valence-corrected chi connectivity index (χ1v) is 17.6. The average molecular weight is 591 g/mol. The Morgan fingerprint density at radius 2 is 0.930 bits per heavy atom. The van der Waals surface area contributed by atoms with E-state index in [1.807, 2.05) is 12.1 Å². The molecule has 2 aromatic carbocycles. The monoisotopic (exact) mass is 590 g/mol. The van der Waals surface area contributed by atoms with Crippen molar-refractivity contribution in [3.63, 3.8) is 0 Å². The number of hydrogen-bond donors (Lipinski definition) is 2. The zero-order valence-electron chi connectivity index (χ0n) is 28.7. The second-order valence-corrected chi connectivity index (χ2v) is 16.0. The zero-order valence-corrected chi connectivity index (χ0v) is 28.7. The van der Waals surface area contributed by atoms with Crippen LogP contribution >= 0.6 is 0 Å². The van der Waals surface area contributed by atoms with Gasteiger partial charge in [0.15, 0.2) is 0 Å². The third kappa shape index (κ3) is 8.80. The van der Waals surface area contributed by atoms with Gasteiger partial charge in [-0.2, -0.15) is 0 Å². The maximum absolute atomic E-state index is 11.2. The molecule has 3 aliphatic rings. The Bertz CT molecular complexity index is 1090. The zero-order chi connectivity index (χ0) is 31.2. The predicted octanol–water partition coefficient (Wildman–Crippen LogP) is 11.7.